The van der Waals surface area contributed by atoms with Gasteiger partial charge in [-0.25, -0.2) is 0 Å². The van der Waals surface area contributed by atoms with Crippen LogP contribution in [0.25, 0.3) is 0 Å². The van der Waals surface area contributed by atoms with Gasteiger partial charge < -0.3 is 10.1 Å². The van der Waals surface area contributed by atoms with Crippen LogP contribution in [0.1, 0.15) is 17.7 Å². The first-order valence-electron chi connectivity index (χ1n) is 7.53. The molecule has 1 heterocycles. The van der Waals surface area contributed by atoms with Crippen molar-refractivity contribution in [1.29, 1.82) is 0 Å². The molecule has 1 radical (unpaired) electrons. The molecule has 1 amide bonds. The standard InChI is InChI=1S/C17H15F3N3O3/c1-11(24)5-6-13-7-8-15(23-22-13)21-16(25)10-12-3-2-4-14(9-12)26-17(18,19)20/h2-4,7-9H,1,5-6,10H2,(H,21,23,25). The van der Waals surface area contributed by atoms with E-state index in [1.54, 1.807) is 6.07 Å². The molecule has 2 rings (SSSR count). The Balaban J connectivity index is 1.92. The molecule has 0 fully saturated rings. The van der Waals surface area contributed by atoms with Crippen molar-refractivity contribution in [3.05, 3.63) is 54.6 Å². The lowest BCUT2D eigenvalue weighted by molar-refractivity contribution is -0.274. The number of Topliss-reactive ketones (excluding diaryl/α,β-unsaturated/α-hetero) is 1. The second kappa shape index (κ2) is 8.41. The molecule has 0 saturated heterocycles. The number of alkyl halides is 3. The molecule has 2 aromatic rings. The summed E-state index contributed by atoms with van der Waals surface area (Å²) >= 11 is 0. The number of hydrogen-bond acceptors (Lipinski definition) is 5. The Morgan fingerprint density at radius 2 is 1.92 bits per heavy atom. The molecule has 137 valence electrons. The van der Waals surface area contributed by atoms with Gasteiger partial charge in [-0.05, 0) is 36.2 Å². The second-order valence-electron chi connectivity index (χ2n) is 5.37. The summed E-state index contributed by atoms with van der Waals surface area (Å²) in [6.07, 6.45) is -4.31. The van der Waals surface area contributed by atoms with Crippen molar-refractivity contribution < 1.29 is 27.5 Å². The topological polar surface area (TPSA) is 81.2 Å². The van der Waals surface area contributed by atoms with Gasteiger partial charge in [-0.2, -0.15) is 5.10 Å². The summed E-state index contributed by atoms with van der Waals surface area (Å²) in [6.45, 7) is 3.26. The van der Waals surface area contributed by atoms with E-state index in [-0.39, 0.29) is 24.4 Å². The van der Waals surface area contributed by atoms with E-state index in [9.17, 15) is 22.8 Å². The fourth-order valence-corrected chi connectivity index (χ4v) is 2.05. The monoisotopic (exact) mass is 366 g/mol. The minimum absolute atomic E-state index is 0.158. The highest BCUT2D eigenvalue weighted by Crippen LogP contribution is 2.23. The molecule has 0 aliphatic carbocycles. The van der Waals surface area contributed by atoms with Crippen LogP contribution in [0.2, 0.25) is 0 Å². The lowest BCUT2D eigenvalue weighted by atomic mass is 10.1. The van der Waals surface area contributed by atoms with Gasteiger partial charge in [0.05, 0.1) is 12.1 Å². The largest absolute Gasteiger partial charge is 0.573 e. The number of benzene rings is 1. The molecule has 0 aliphatic rings. The van der Waals surface area contributed by atoms with Crippen LogP contribution in [0.5, 0.6) is 5.75 Å². The van der Waals surface area contributed by atoms with Crippen LogP contribution in [0, 0.1) is 6.92 Å². The minimum Gasteiger partial charge on any atom is -0.406 e. The number of nitrogens with one attached hydrogen (secondary N) is 1. The van der Waals surface area contributed by atoms with Gasteiger partial charge in [0.15, 0.2) is 5.82 Å². The highest BCUT2D eigenvalue weighted by molar-refractivity contribution is 5.91. The number of aromatic nitrogens is 2. The van der Waals surface area contributed by atoms with Gasteiger partial charge in [0.1, 0.15) is 11.5 Å². The average Bonchev–Trinajstić information content (AvgIpc) is 2.52. The third kappa shape index (κ3) is 6.88. The van der Waals surface area contributed by atoms with Gasteiger partial charge in [0.2, 0.25) is 5.91 Å². The second-order valence-corrected chi connectivity index (χ2v) is 5.37. The number of amides is 1. The predicted octanol–water partition coefficient (Wildman–Crippen LogP) is 2.89. The Hall–Kier alpha value is -2.97. The van der Waals surface area contributed by atoms with Gasteiger partial charge in [0, 0.05) is 13.3 Å². The molecule has 0 saturated carbocycles. The third-order valence-corrected chi connectivity index (χ3v) is 3.14. The molecule has 0 aliphatic heterocycles. The first-order chi connectivity index (χ1) is 12.2. The number of ether oxygens (including phenoxy) is 1. The minimum atomic E-state index is -4.79. The van der Waals surface area contributed by atoms with Gasteiger partial charge in [0.25, 0.3) is 0 Å². The Morgan fingerprint density at radius 1 is 1.15 bits per heavy atom. The molecule has 0 spiro atoms. The fourth-order valence-electron chi connectivity index (χ4n) is 2.05. The molecule has 6 nitrogen and oxygen atoms in total. The number of ketones is 1. The third-order valence-electron chi connectivity index (χ3n) is 3.14. The molecule has 0 unspecified atom stereocenters. The van der Waals surface area contributed by atoms with E-state index in [4.69, 9.17) is 0 Å². The summed E-state index contributed by atoms with van der Waals surface area (Å²) in [4.78, 5) is 22.8. The Morgan fingerprint density at radius 3 is 2.54 bits per heavy atom. The van der Waals surface area contributed by atoms with Crippen molar-refractivity contribution in [3.8, 4) is 5.75 Å². The average molecular weight is 366 g/mol. The van der Waals surface area contributed by atoms with E-state index in [0.717, 1.165) is 12.1 Å². The maximum absolute atomic E-state index is 12.2. The molecule has 1 N–H and O–H groups in total. The highest BCUT2D eigenvalue weighted by atomic mass is 19.4. The van der Waals surface area contributed by atoms with Gasteiger partial charge in [-0.3, -0.25) is 9.59 Å². The number of anilines is 1. The Labute approximate surface area is 147 Å². The van der Waals surface area contributed by atoms with E-state index in [0.29, 0.717) is 17.7 Å². The maximum atomic E-state index is 12.2. The van der Waals surface area contributed by atoms with Crippen LogP contribution in [0.15, 0.2) is 36.4 Å². The summed E-state index contributed by atoms with van der Waals surface area (Å²) in [5.41, 5.74) is 0.930. The molecule has 26 heavy (non-hydrogen) atoms. The van der Waals surface area contributed by atoms with Gasteiger partial charge in [-0.15, -0.1) is 18.3 Å². The number of carbonyl (C=O) groups excluding carboxylic acids is 2. The van der Waals surface area contributed by atoms with Crippen LogP contribution in [0.3, 0.4) is 0 Å². The van der Waals surface area contributed by atoms with Crippen molar-refractivity contribution in [3.63, 3.8) is 0 Å². The highest BCUT2D eigenvalue weighted by Gasteiger charge is 2.31. The van der Waals surface area contributed by atoms with Crippen molar-refractivity contribution in [2.75, 3.05) is 5.32 Å². The number of nitrogens with zero attached hydrogens (tertiary/aromatic N) is 2. The Kier molecular flexibility index (Phi) is 6.26. The quantitative estimate of drug-likeness (QED) is 0.815. The summed E-state index contributed by atoms with van der Waals surface area (Å²) in [5.74, 6) is -0.876. The van der Waals surface area contributed by atoms with E-state index >= 15 is 0 Å². The van der Waals surface area contributed by atoms with E-state index in [2.05, 4.69) is 27.2 Å². The summed E-state index contributed by atoms with van der Waals surface area (Å²) < 4.78 is 40.5. The smallest absolute Gasteiger partial charge is 0.406 e. The summed E-state index contributed by atoms with van der Waals surface area (Å²) in [5, 5.41) is 10.2. The molecular formula is C17H15F3N3O3. The van der Waals surface area contributed by atoms with Crippen LogP contribution in [0.4, 0.5) is 19.0 Å². The van der Waals surface area contributed by atoms with Crippen LogP contribution in [-0.2, 0) is 22.4 Å². The fraction of sp³-hybridized carbons (Fsp3) is 0.235. The van der Waals surface area contributed by atoms with Gasteiger partial charge in [-0.1, -0.05) is 12.1 Å². The molecular weight excluding hydrogens is 351 g/mol. The normalized spacial score (nSPS) is 11.1. The molecule has 1 aromatic carbocycles. The van der Waals surface area contributed by atoms with Crippen molar-refractivity contribution in [2.24, 2.45) is 0 Å². The number of aryl methyl sites for hydroxylation is 1. The lowest BCUT2D eigenvalue weighted by Gasteiger charge is -2.10. The van der Waals surface area contributed by atoms with Crippen LogP contribution in [-0.4, -0.2) is 28.3 Å². The molecule has 0 atom stereocenters. The van der Waals surface area contributed by atoms with E-state index < -0.39 is 18.0 Å². The van der Waals surface area contributed by atoms with Crippen LogP contribution < -0.4 is 10.1 Å². The van der Waals surface area contributed by atoms with Crippen LogP contribution >= 0.6 is 0 Å². The zero-order valence-electron chi connectivity index (χ0n) is 13.5. The predicted molar refractivity (Wildman–Crippen MR) is 86.2 cm³/mol. The van der Waals surface area contributed by atoms with Crippen molar-refractivity contribution >= 4 is 17.5 Å². The number of rotatable bonds is 7. The molecule has 1 aromatic heterocycles. The number of carbonyl (C=O) groups is 2. The SMILES string of the molecule is [CH2]C(=O)CCc1ccc(NC(=O)Cc2cccc(OC(F)(F)F)c2)nn1. The molecule has 9 heteroatoms. The zero-order chi connectivity index (χ0) is 19.2. The number of hydrogen-bond donors (Lipinski definition) is 1. The van der Waals surface area contributed by atoms with Crippen molar-refractivity contribution in [1.82, 2.24) is 10.2 Å². The summed E-state index contributed by atoms with van der Waals surface area (Å²) in [6, 6.07) is 8.29. The van der Waals surface area contributed by atoms with E-state index in [1.165, 1.54) is 18.2 Å². The first kappa shape index (κ1) is 19.4. The summed E-state index contributed by atoms with van der Waals surface area (Å²) in [7, 11) is 0. The maximum Gasteiger partial charge on any atom is 0.573 e. The Bertz CT molecular complexity index is 777. The van der Waals surface area contributed by atoms with Gasteiger partial charge >= 0.3 is 6.36 Å². The number of halogens is 3. The molecule has 0 bridgehead atoms. The lowest BCUT2D eigenvalue weighted by Crippen LogP contribution is -2.18. The first-order valence-corrected chi connectivity index (χ1v) is 7.53. The van der Waals surface area contributed by atoms with Crippen molar-refractivity contribution in [2.45, 2.75) is 25.6 Å². The zero-order valence-corrected chi connectivity index (χ0v) is 13.5. The van der Waals surface area contributed by atoms with E-state index in [1.807, 2.05) is 0 Å².